The van der Waals surface area contributed by atoms with Crippen LogP contribution < -0.4 is 5.32 Å². The molecule has 1 amide bonds. The average molecular weight is 240 g/mol. The summed E-state index contributed by atoms with van der Waals surface area (Å²) < 4.78 is 0. The molecule has 1 atom stereocenters. The minimum atomic E-state index is -0.0459. The predicted molar refractivity (Wildman–Crippen MR) is 72.0 cm³/mol. The summed E-state index contributed by atoms with van der Waals surface area (Å²) in [4.78, 5) is 13.4. The topological polar surface area (TPSA) is 32.3 Å². The van der Waals surface area contributed by atoms with Crippen molar-refractivity contribution in [2.24, 2.45) is 5.92 Å². The molecule has 0 bridgehead atoms. The zero-order valence-electron chi connectivity index (χ0n) is 11.7. The maximum Gasteiger partial charge on any atom is 0.238 e. The van der Waals surface area contributed by atoms with Gasteiger partial charge in [-0.2, -0.15) is 0 Å². The van der Waals surface area contributed by atoms with Crippen LogP contribution in [0.15, 0.2) is 0 Å². The Labute approximate surface area is 106 Å². The molecule has 3 heteroatoms. The lowest BCUT2D eigenvalue weighted by Crippen LogP contribution is -2.43. The second kappa shape index (κ2) is 7.70. The summed E-state index contributed by atoms with van der Waals surface area (Å²) in [7, 11) is 3.63. The molecule has 0 aliphatic heterocycles. The summed E-state index contributed by atoms with van der Waals surface area (Å²) in [5, 5.41) is 3.39. The van der Waals surface area contributed by atoms with Crippen molar-refractivity contribution in [1.29, 1.82) is 0 Å². The standard InChI is InChI=1S/C14H28N2O/c1-12(14(17)16(2)3)15-11-13-9-7-5-4-6-8-10-13/h12-13,15H,4-11H2,1-3H3. The Morgan fingerprint density at radius 3 is 2.24 bits per heavy atom. The number of nitrogens with zero attached hydrogens (tertiary/aromatic N) is 1. The minimum Gasteiger partial charge on any atom is -0.347 e. The van der Waals surface area contributed by atoms with Gasteiger partial charge in [-0.1, -0.05) is 32.1 Å². The normalized spacial score (nSPS) is 20.4. The predicted octanol–water partition coefficient (Wildman–Crippen LogP) is 2.41. The average Bonchev–Trinajstić information content (AvgIpc) is 2.26. The van der Waals surface area contributed by atoms with E-state index >= 15 is 0 Å². The number of rotatable bonds is 4. The van der Waals surface area contributed by atoms with E-state index in [1.54, 1.807) is 4.90 Å². The zero-order chi connectivity index (χ0) is 12.7. The third kappa shape index (κ3) is 5.53. The molecule has 1 unspecified atom stereocenters. The van der Waals surface area contributed by atoms with E-state index in [0.29, 0.717) is 0 Å². The van der Waals surface area contributed by atoms with Gasteiger partial charge < -0.3 is 10.2 Å². The highest BCUT2D eigenvalue weighted by Crippen LogP contribution is 2.21. The van der Waals surface area contributed by atoms with Crippen LogP contribution in [-0.4, -0.2) is 37.5 Å². The highest BCUT2D eigenvalue weighted by Gasteiger charge is 2.17. The van der Waals surface area contributed by atoms with E-state index in [2.05, 4.69) is 5.32 Å². The summed E-state index contributed by atoms with van der Waals surface area (Å²) in [5.74, 6) is 0.948. The van der Waals surface area contributed by atoms with Crippen LogP contribution in [0.3, 0.4) is 0 Å². The highest BCUT2D eigenvalue weighted by molar-refractivity contribution is 5.80. The van der Waals surface area contributed by atoms with Crippen LogP contribution in [0.2, 0.25) is 0 Å². The first-order chi connectivity index (χ1) is 8.11. The van der Waals surface area contributed by atoms with Crippen LogP contribution in [-0.2, 0) is 4.79 Å². The summed E-state index contributed by atoms with van der Waals surface area (Å²) >= 11 is 0. The number of hydrogen-bond acceptors (Lipinski definition) is 2. The van der Waals surface area contributed by atoms with Crippen LogP contribution in [0.1, 0.15) is 51.9 Å². The Bertz CT molecular complexity index is 220. The molecule has 1 saturated carbocycles. The molecule has 0 aromatic carbocycles. The lowest BCUT2D eigenvalue weighted by molar-refractivity contribution is -0.130. The molecule has 0 radical (unpaired) electrons. The third-order valence-corrected chi connectivity index (χ3v) is 3.75. The molecule has 0 heterocycles. The Balaban J connectivity index is 2.25. The van der Waals surface area contributed by atoms with E-state index in [-0.39, 0.29) is 11.9 Å². The van der Waals surface area contributed by atoms with Gasteiger partial charge in [0.05, 0.1) is 6.04 Å². The Kier molecular flexibility index (Phi) is 6.56. The summed E-state index contributed by atoms with van der Waals surface area (Å²) in [6.45, 7) is 2.96. The van der Waals surface area contributed by atoms with Gasteiger partial charge in [0, 0.05) is 14.1 Å². The van der Waals surface area contributed by atoms with Gasteiger partial charge in [0.2, 0.25) is 5.91 Å². The minimum absolute atomic E-state index is 0.0459. The second-order valence-corrected chi connectivity index (χ2v) is 5.57. The molecule has 1 aliphatic rings. The van der Waals surface area contributed by atoms with Crippen molar-refractivity contribution in [1.82, 2.24) is 10.2 Å². The van der Waals surface area contributed by atoms with E-state index in [4.69, 9.17) is 0 Å². The number of amides is 1. The van der Waals surface area contributed by atoms with Gasteiger partial charge in [-0.3, -0.25) is 4.79 Å². The van der Waals surface area contributed by atoms with Crippen LogP contribution >= 0.6 is 0 Å². The summed E-state index contributed by atoms with van der Waals surface area (Å²) in [5.41, 5.74) is 0. The molecular formula is C14H28N2O. The van der Waals surface area contributed by atoms with Gasteiger partial charge in [-0.25, -0.2) is 0 Å². The van der Waals surface area contributed by atoms with Crippen molar-refractivity contribution in [2.75, 3.05) is 20.6 Å². The first kappa shape index (κ1) is 14.5. The zero-order valence-corrected chi connectivity index (χ0v) is 11.7. The van der Waals surface area contributed by atoms with Gasteiger partial charge >= 0.3 is 0 Å². The molecule has 0 aromatic rings. The number of nitrogens with one attached hydrogen (secondary N) is 1. The Hall–Kier alpha value is -0.570. The molecule has 0 saturated heterocycles. The number of carbonyl (C=O) groups is 1. The molecule has 1 aliphatic carbocycles. The van der Waals surface area contributed by atoms with Gasteiger partial charge in [-0.05, 0) is 32.2 Å². The fourth-order valence-electron chi connectivity index (χ4n) is 2.56. The molecule has 17 heavy (non-hydrogen) atoms. The number of hydrogen-bond donors (Lipinski definition) is 1. The maximum absolute atomic E-state index is 11.7. The number of likely N-dealkylation sites (N-methyl/N-ethyl adjacent to an activating group) is 1. The fraction of sp³-hybridized carbons (Fsp3) is 0.929. The van der Waals surface area contributed by atoms with Crippen molar-refractivity contribution in [3.63, 3.8) is 0 Å². The van der Waals surface area contributed by atoms with Gasteiger partial charge in [-0.15, -0.1) is 0 Å². The smallest absolute Gasteiger partial charge is 0.238 e. The van der Waals surface area contributed by atoms with E-state index in [1.165, 1.54) is 44.9 Å². The van der Waals surface area contributed by atoms with Crippen molar-refractivity contribution < 1.29 is 4.79 Å². The van der Waals surface area contributed by atoms with Crippen LogP contribution in [0.5, 0.6) is 0 Å². The van der Waals surface area contributed by atoms with E-state index in [1.807, 2.05) is 21.0 Å². The molecule has 100 valence electrons. The lowest BCUT2D eigenvalue weighted by atomic mass is 9.91. The van der Waals surface area contributed by atoms with Crippen molar-refractivity contribution in [3.8, 4) is 0 Å². The largest absolute Gasteiger partial charge is 0.347 e. The second-order valence-electron chi connectivity index (χ2n) is 5.57. The molecule has 0 aromatic heterocycles. The lowest BCUT2D eigenvalue weighted by Gasteiger charge is -2.23. The van der Waals surface area contributed by atoms with Crippen molar-refractivity contribution in [3.05, 3.63) is 0 Å². The molecule has 1 rings (SSSR count). The maximum atomic E-state index is 11.7. The van der Waals surface area contributed by atoms with Crippen LogP contribution in [0.4, 0.5) is 0 Å². The van der Waals surface area contributed by atoms with E-state index in [9.17, 15) is 4.79 Å². The van der Waals surface area contributed by atoms with Crippen LogP contribution in [0.25, 0.3) is 0 Å². The van der Waals surface area contributed by atoms with Gasteiger partial charge in [0.15, 0.2) is 0 Å². The monoisotopic (exact) mass is 240 g/mol. The van der Waals surface area contributed by atoms with Gasteiger partial charge in [0.25, 0.3) is 0 Å². The van der Waals surface area contributed by atoms with E-state index in [0.717, 1.165) is 12.5 Å². The van der Waals surface area contributed by atoms with Crippen molar-refractivity contribution >= 4 is 5.91 Å². The van der Waals surface area contributed by atoms with E-state index < -0.39 is 0 Å². The molecule has 3 nitrogen and oxygen atoms in total. The summed E-state index contributed by atoms with van der Waals surface area (Å²) in [6, 6.07) is -0.0459. The molecule has 0 spiro atoms. The quantitative estimate of drug-likeness (QED) is 0.818. The Morgan fingerprint density at radius 1 is 1.18 bits per heavy atom. The van der Waals surface area contributed by atoms with Crippen LogP contribution in [0, 0.1) is 5.92 Å². The third-order valence-electron chi connectivity index (χ3n) is 3.75. The fourth-order valence-corrected chi connectivity index (χ4v) is 2.56. The first-order valence-corrected chi connectivity index (χ1v) is 7.06. The van der Waals surface area contributed by atoms with Crippen molar-refractivity contribution in [2.45, 2.75) is 57.9 Å². The number of carbonyl (C=O) groups excluding carboxylic acids is 1. The molecular weight excluding hydrogens is 212 g/mol. The summed E-state index contributed by atoms with van der Waals surface area (Å²) in [6.07, 6.45) is 9.58. The SMILES string of the molecule is CC(NCC1CCCCCCC1)C(=O)N(C)C. The Morgan fingerprint density at radius 2 is 1.71 bits per heavy atom. The van der Waals surface area contributed by atoms with Gasteiger partial charge in [0.1, 0.15) is 0 Å². The highest BCUT2D eigenvalue weighted by atomic mass is 16.2. The first-order valence-electron chi connectivity index (χ1n) is 7.06. The molecule has 1 N–H and O–H groups in total. The molecule has 1 fully saturated rings.